The summed E-state index contributed by atoms with van der Waals surface area (Å²) in [6.07, 6.45) is 6.73. The number of aromatic nitrogens is 1. The van der Waals surface area contributed by atoms with E-state index >= 15 is 0 Å². The van der Waals surface area contributed by atoms with Gasteiger partial charge in [0.2, 0.25) is 0 Å². The van der Waals surface area contributed by atoms with Crippen molar-refractivity contribution in [3.8, 4) is 11.3 Å². The van der Waals surface area contributed by atoms with Gasteiger partial charge in [-0.05, 0) is 81.7 Å². The molecular formula is C74H101N5O25. The number of carbonyl (C=O) groups excluding carboxylic acids is 4. The number of aromatic carboxylic acids is 1. The third-order valence-corrected chi connectivity index (χ3v) is 16.8. The number of hydrogen-bond donors (Lipinski definition) is 2. The smallest absolute Gasteiger partial charge is 0.335 e. The first-order valence-electron chi connectivity index (χ1n) is 35.9. The second kappa shape index (κ2) is 49.9. The molecule has 30 heteroatoms. The number of nitrogens with zero attached hydrogens (tertiary/aromatic N) is 4. The van der Waals surface area contributed by atoms with Crippen molar-refractivity contribution >= 4 is 68.4 Å². The normalized spacial score (nSPS) is 13.4. The highest BCUT2D eigenvalue weighted by Crippen LogP contribution is 2.47. The number of nitro groups is 2. The topological polar surface area (TPSA) is 362 Å². The molecule has 2 heterocycles. The maximum absolute atomic E-state index is 14.1. The van der Waals surface area contributed by atoms with Gasteiger partial charge in [-0.2, -0.15) is 0 Å². The summed E-state index contributed by atoms with van der Waals surface area (Å²) in [5, 5.41) is 40.2. The first kappa shape index (κ1) is 83.6. The number of nitrogens with one attached hydrogen (secondary N) is 1. The van der Waals surface area contributed by atoms with Crippen LogP contribution in [-0.4, -0.2) is 247 Å². The van der Waals surface area contributed by atoms with Crippen molar-refractivity contribution in [1.29, 1.82) is 0 Å². The minimum atomic E-state index is -1.07. The van der Waals surface area contributed by atoms with Gasteiger partial charge >= 0.3 is 5.97 Å². The van der Waals surface area contributed by atoms with Crippen molar-refractivity contribution < 1.29 is 110 Å². The van der Waals surface area contributed by atoms with Gasteiger partial charge in [0.15, 0.2) is 11.5 Å². The van der Waals surface area contributed by atoms with Gasteiger partial charge in [-0.15, -0.1) is 0 Å². The van der Waals surface area contributed by atoms with Crippen LogP contribution in [0.3, 0.4) is 0 Å². The Morgan fingerprint density at radius 1 is 0.519 bits per heavy atom. The van der Waals surface area contributed by atoms with Crippen LogP contribution in [0.1, 0.15) is 109 Å². The number of ether oxygens (including phenoxy) is 14. The zero-order valence-corrected chi connectivity index (χ0v) is 59.4. The zero-order valence-electron chi connectivity index (χ0n) is 59.4. The fourth-order valence-corrected chi connectivity index (χ4v) is 11.5. The number of aryl methyl sites for hydroxylation is 1. The number of carboxylic acid groups (broad SMARTS) is 1. The number of Topliss-reactive ketones (excluding diaryl/α,β-unsaturated/α-hetero) is 3. The number of hydrogen-bond acceptors (Lipinski definition) is 27. The van der Waals surface area contributed by atoms with E-state index in [1.54, 1.807) is 24.3 Å². The molecule has 0 amide bonds. The standard InChI is InChI=1S/C74H101N5O25/c80-61(16-7-25-91-29-33-95-37-41-99-45-49-102-48-44-98-40-36-94-32-28-90-24-6-12-56-21-22-60(78(86)87)53-66(56)79(88)89)14-4-15-62(81)17-8-26-92-30-34-96-38-42-100-46-50-103-51-47-101-43-39-97-35-31-93-27-9-20-68(82)58-11-5-23-77(55-58)67-54-65(75-59-13-3-10-57(52-59)74(84)85)69-70-71(67)76-104-73(70)64-19-2-1-18-63(64)72(69)83/h1-3,10,13,18-19,21-22,52-54,58,75H,4-9,11-12,14-17,20,23-51,55H2,(H,84,85)/t58-/m0/s1. The van der Waals surface area contributed by atoms with Crippen molar-refractivity contribution in [3.63, 3.8) is 0 Å². The molecule has 30 nitrogen and oxygen atoms in total. The Hall–Kier alpha value is -7.66. The summed E-state index contributed by atoms with van der Waals surface area (Å²) < 4.78 is 83.8. The molecule has 1 aliphatic heterocycles. The average Bonchev–Trinajstić information content (AvgIpc) is 1.45. The van der Waals surface area contributed by atoms with Gasteiger partial charge in [-0.25, -0.2) is 4.79 Å². The van der Waals surface area contributed by atoms with Crippen molar-refractivity contribution in [2.24, 2.45) is 5.92 Å². The summed E-state index contributed by atoms with van der Waals surface area (Å²) in [4.78, 5) is 87.1. The lowest BCUT2D eigenvalue weighted by Crippen LogP contribution is -2.39. The highest BCUT2D eigenvalue weighted by Gasteiger charge is 2.35. The minimum Gasteiger partial charge on any atom is -0.478 e. The third kappa shape index (κ3) is 30.8. The van der Waals surface area contributed by atoms with Crippen LogP contribution in [0.25, 0.3) is 22.2 Å². The van der Waals surface area contributed by atoms with E-state index in [0.29, 0.717) is 319 Å². The number of ketones is 4. The zero-order chi connectivity index (χ0) is 73.6. The van der Waals surface area contributed by atoms with E-state index < -0.39 is 15.8 Å². The summed E-state index contributed by atoms with van der Waals surface area (Å²) in [5.41, 5.74) is 3.73. The van der Waals surface area contributed by atoms with Gasteiger partial charge in [0.05, 0.1) is 202 Å². The fourth-order valence-electron chi connectivity index (χ4n) is 11.5. The molecule has 0 bridgehead atoms. The lowest BCUT2D eigenvalue weighted by molar-refractivity contribution is -0.394. The number of non-ortho nitro benzene ring substituents is 1. The molecule has 0 saturated carbocycles. The maximum atomic E-state index is 14.1. The monoisotopic (exact) mass is 1460 g/mol. The first-order chi connectivity index (χ1) is 50.9. The minimum absolute atomic E-state index is 0.105. The number of anilines is 3. The largest absolute Gasteiger partial charge is 0.478 e. The Bertz CT molecular complexity index is 3410. The predicted molar refractivity (Wildman–Crippen MR) is 381 cm³/mol. The van der Waals surface area contributed by atoms with Crippen molar-refractivity contribution in [3.05, 3.63) is 115 Å². The van der Waals surface area contributed by atoms with Crippen LogP contribution in [0.5, 0.6) is 0 Å². The van der Waals surface area contributed by atoms with Gasteiger partial charge in [-0.3, -0.25) is 39.4 Å². The van der Waals surface area contributed by atoms with E-state index in [2.05, 4.69) is 15.4 Å². The Morgan fingerprint density at radius 2 is 0.971 bits per heavy atom. The van der Waals surface area contributed by atoms with Gasteiger partial charge < -0.3 is 86.2 Å². The molecular weight excluding hydrogens is 1360 g/mol. The van der Waals surface area contributed by atoms with E-state index in [1.807, 2.05) is 18.2 Å². The van der Waals surface area contributed by atoms with Gasteiger partial charge in [0.25, 0.3) is 11.4 Å². The second-order valence-corrected chi connectivity index (χ2v) is 24.4. The lowest BCUT2D eigenvalue weighted by Gasteiger charge is -2.34. The molecule has 104 heavy (non-hydrogen) atoms. The number of carbonyl (C=O) groups is 5. The lowest BCUT2D eigenvalue weighted by atomic mass is 9.85. The number of fused-ring (bicyclic) bond motifs is 2. The molecule has 2 aliphatic rings. The van der Waals surface area contributed by atoms with Crippen LogP contribution in [0.15, 0.2) is 77.3 Å². The summed E-state index contributed by atoms with van der Waals surface area (Å²) in [5.74, 6) is -0.569. The van der Waals surface area contributed by atoms with Crippen molar-refractivity contribution in [2.75, 3.05) is 208 Å². The number of carboxylic acids is 1. The molecule has 0 spiro atoms. The van der Waals surface area contributed by atoms with E-state index in [9.17, 15) is 49.3 Å². The molecule has 0 unspecified atom stereocenters. The number of piperidine rings is 1. The van der Waals surface area contributed by atoms with E-state index in [-0.39, 0.29) is 46.0 Å². The van der Waals surface area contributed by atoms with E-state index in [4.69, 9.17) is 70.8 Å². The average molecular weight is 1460 g/mol. The second-order valence-electron chi connectivity index (χ2n) is 24.4. The van der Waals surface area contributed by atoms with Crippen LogP contribution < -0.4 is 10.2 Å². The third-order valence-electron chi connectivity index (χ3n) is 16.8. The number of benzene rings is 4. The van der Waals surface area contributed by atoms with E-state index in [1.165, 1.54) is 24.3 Å². The molecule has 2 N–H and O–H groups in total. The first-order valence-corrected chi connectivity index (χ1v) is 35.9. The highest BCUT2D eigenvalue weighted by atomic mass is 16.6. The molecule has 1 saturated heterocycles. The van der Waals surface area contributed by atoms with Crippen molar-refractivity contribution in [1.82, 2.24) is 5.16 Å². The van der Waals surface area contributed by atoms with Crippen LogP contribution in [0, 0.1) is 26.1 Å². The van der Waals surface area contributed by atoms with Gasteiger partial charge in [0.1, 0.15) is 22.9 Å². The molecule has 1 atom stereocenters. The SMILES string of the molecule is O=C(CCCOCCOCCOCCOCCOCCOCCOCCCC(=O)[C@H]1CCCN(c2cc(Nc3cccc(C(=O)O)c3)c3c4c(onc24)-c2ccccc2C3=O)C1)CCCC(=O)CCCOCCOCCOCCOCCOCCOCCOCCCc1ccc([N+](=O)[O-])cc1[N+](=O)[O-]. The summed E-state index contributed by atoms with van der Waals surface area (Å²) in [7, 11) is 0. The molecule has 7 rings (SSSR count). The Balaban J connectivity index is 0.551. The van der Waals surface area contributed by atoms with Gasteiger partial charge in [-0.1, -0.05) is 35.5 Å². The predicted octanol–water partition coefficient (Wildman–Crippen LogP) is 9.60. The van der Waals surface area contributed by atoms with Crippen LogP contribution in [-0.2, 0) is 87.1 Å². The number of nitro benzene ring substituents is 2. The Kier molecular flexibility index (Phi) is 40.2. The summed E-state index contributed by atoms with van der Waals surface area (Å²) in [6, 6.07) is 19.2. The molecule has 1 aliphatic carbocycles. The molecule has 1 fully saturated rings. The summed E-state index contributed by atoms with van der Waals surface area (Å²) >= 11 is 0. The molecule has 5 aromatic rings. The maximum Gasteiger partial charge on any atom is 0.335 e. The molecule has 572 valence electrons. The Labute approximate surface area is 605 Å². The highest BCUT2D eigenvalue weighted by molar-refractivity contribution is 6.29. The van der Waals surface area contributed by atoms with Crippen molar-refractivity contribution in [2.45, 2.75) is 83.5 Å². The van der Waals surface area contributed by atoms with Crippen LogP contribution in [0.2, 0.25) is 0 Å². The van der Waals surface area contributed by atoms with Crippen LogP contribution >= 0.6 is 0 Å². The van der Waals surface area contributed by atoms with Crippen LogP contribution in [0.4, 0.5) is 28.4 Å². The molecule has 1 aromatic heterocycles. The number of rotatable bonds is 63. The molecule has 0 radical (unpaired) electrons. The Morgan fingerprint density at radius 3 is 1.44 bits per heavy atom. The quantitative estimate of drug-likeness (QED) is 0.0204. The summed E-state index contributed by atoms with van der Waals surface area (Å²) in [6.45, 7) is 12.7. The van der Waals surface area contributed by atoms with Gasteiger partial charge in [0, 0.05) is 106 Å². The fraction of sp³-hybridized carbons (Fsp3) is 0.595. The van der Waals surface area contributed by atoms with E-state index in [0.717, 1.165) is 24.6 Å². The molecule has 4 aromatic carbocycles.